The van der Waals surface area contributed by atoms with Gasteiger partial charge in [-0.3, -0.25) is 4.79 Å². The minimum Gasteiger partial charge on any atom is -0.383 e. The summed E-state index contributed by atoms with van der Waals surface area (Å²) in [5.74, 6) is 0.159. The number of halogens is 3. The molecular weight excluding hydrogens is 501 g/mol. The Morgan fingerprint density at radius 3 is 2.68 bits per heavy atom. The van der Waals surface area contributed by atoms with Crippen LogP contribution in [0, 0.1) is 0 Å². The molecule has 0 unspecified atom stereocenters. The Labute approximate surface area is 213 Å². The Bertz CT molecular complexity index is 1600. The van der Waals surface area contributed by atoms with Crippen LogP contribution in [0.25, 0.3) is 21.3 Å². The van der Waals surface area contributed by atoms with Crippen LogP contribution in [0.4, 0.5) is 30.5 Å². The van der Waals surface area contributed by atoms with E-state index in [-0.39, 0.29) is 11.3 Å². The molecule has 0 spiro atoms. The number of pyridine rings is 1. The maximum absolute atomic E-state index is 13.0. The van der Waals surface area contributed by atoms with Crippen molar-refractivity contribution in [2.24, 2.45) is 0 Å². The lowest BCUT2D eigenvalue weighted by molar-refractivity contribution is -0.137. The summed E-state index contributed by atoms with van der Waals surface area (Å²) in [5, 5.41) is 6.45. The van der Waals surface area contributed by atoms with Crippen molar-refractivity contribution in [3.63, 3.8) is 0 Å². The van der Waals surface area contributed by atoms with Gasteiger partial charge >= 0.3 is 6.18 Å². The topological polar surface area (TPSA) is 106 Å². The molecule has 0 bridgehead atoms. The second-order valence-corrected chi connectivity index (χ2v) is 9.21. The molecular formula is C26H19F3N6OS. The van der Waals surface area contributed by atoms with Gasteiger partial charge in [0.1, 0.15) is 18.0 Å². The largest absolute Gasteiger partial charge is 0.416 e. The Morgan fingerprint density at radius 2 is 1.84 bits per heavy atom. The van der Waals surface area contributed by atoms with Crippen LogP contribution >= 0.6 is 11.3 Å². The van der Waals surface area contributed by atoms with Gasteiger partial charge in [-0.15, -0.1) is 11.3 Å². The molecule has 0 fully saturated rings. The van der Waals surface area contributed by atoms with E-state index in [9.17, 15) is 18.0 Å². The highest BCUT2D eigenvalue weighted by Gasteiger charge is 2.30. The van der Waals surface area contributed by atoms with Gasteiger partial charge in [-0.2, -0.15) is 13.2 Å². The van der Waals surface area contributed by atoms with E-state index in [1.165, 1.54) is 24.7 Å². The third kappa shape index (κ3) is 5.36. The van der Waals surface area contributed by atoms with Crippen LogP contribution in [0.2, 0.25) is 0 Å². The first kappa shape index (κ1) is 24.2. The molecule has 37 heavy (non-hydrogen) atoms. The van der Waals surface area contributed by atoms with Gasteiger partial charge in [0.15, 0.2) is 0 Å². The van der Waals surface area contributed by atoms with E-state index < -0.39 is 17.6 Å². The molecule has 2 aromatic carbocycles. The van der Waals surface area contributed by atoms with Crippen molar-refractivity contribution in [1.29, 1.82) is 0 Å². The Balaban J connectivity index is 1.30. The van der Waals surface area contributed by atoms with Crippen molar-refractivity contribution in [2.45, 2.75) is 12.7 Å². The summed E-state index contributed by atoms with van der Waals surface area (Å²) in [4.78, 5) is 27.4. The molecule has 0 atom stereocenters. The number of benzene rings is 2. The summed E-state index contributed by atoms with van der Waals surface area (Å²) in [6, 6.07) is 17.4. The summed E-state index contributed by atoms with van der Waals surface area (Å²) < 4.78 is 39.0. The van der Waals surface area contributed by atoms with Gasteiger partial charge in [-0.1, -0.05) is 12.1 Å². The van der Waals surface area contributed by atoms with Crippen LogP contribution in [0.3, 0.4) is 0 Å². The SMILES string of the molecule is Nc1ncnc2ccc(-c3ccc(CNc4ncccc4C(=O)Nc4cccc(C(F)(F)F)c4)s3)cc12. The number of alkyl halides is 3. The number of nitrogens with zero attached hydrogens (tertiary/aromatic N) is 3. The van der Waals surface area contributed by atoms with E-state index in [1.807, 2.05) is 30.3 Å². The lowest BCUT2D eigenvalue weighted by Gasteiger charge is -2.12. The quantitative estimate of drug-likeness (QED) is 0.246. The van der Waals surface area contributed by atoms with E-state index in [4.69, 9.17) is 5.73 Å². The summed E-state index contributed by atoms with van der Waals surface area (Å²) >= 11 is 1.56. The molecule has 5 rings (SSSR count). The number of fused-ring (bicyclic) bond motifs is 1. The van der Waals surface area contributed by atoms with Crippen LogP contribution < -0.4 is 16.4 Å². The zero-order chi connectivity index (χ0) is 26.0. The molecule has 1 amide bonds. The highest BCUT2D eigenvalue weighted by molar-refractivity contribution is 7.15. The summed E-state index contributed by atoms with van der Waals surface area (Å²) in [6.07, 6.45) is -1.54. The molecule has 11 heteroatoms. The van der Waals surface area contributed by atoms with Crippen LogP contribution in [-0.4, -0.2) is 20.9 Å². The van der Waals surface area contributed by atoms with Gasteiger partial charge in [0, 0.05) is 27.0 Å². The molecule has 3 heterocycles. The van der Waals surface area contributed by atoms with Gasteiger partial charge in [0.2, 0.25) is 0 Å². The fourth-order valence-corrected chi connectivity index (χ4v) is 4.67. The lowest BCUT2D eigenvalue weighted by atomic mass is 10.1. The standard InChI is InChI=1S/C26H19F3N6OS/c27-26(28,29)16-3-1-4-17(12-16)35-25(36)19-5-2-10-31-24(19)32-13-18-7-9-22(37-18)15-6-8-21-20(11-15)23(30)34-14-33-21/h1-12,14H,13H2,(H,31,32)(H,35,36)(H2,30,33,34). The van der Waals surface area contributed by atoms with Gasteiger partial charge in [-0.25, -0.2) is 15.0 Å². The molecule has 0 aliphatic rings. The number of carbonyl (C=O) groups is 1. The zero-order valence-electron chi connectivity index (χ0n) is 19.1. The predicted molar refractivity (Wildman–Crippen MR) is 138 cm³/mol. The Morgan fingerprint density at radius 1 is 0.973 bits per heavy atom. The number of hydrogen-bond acceptors (Lipinski definition) is 7. The van der Waals surface area contributed by atoms with Crippen LogP contribution in [0.15, 0.2) is 79.3 Å². The number of nitrogens with two attached hydrogens (primary N) is 1. The fourth-order valence-electron chi connectivity index (χ4n) is 3.73. The van der Waals surface area contributed by atoms with E-state index in [1.54, 1.807) is 23.5 Å². The predicted octanol–water partition coefficient (Wildman–Crippen LogP) is 6.22. The van der Waals surface area contributed by atoms with Gasteiger partial charge < -0.3 is 16.4 Å². The number of amides is 1. The number of rotatable bonds is 6. The third-order valence-electron chi connectivity index (χ3n) is 5.54. The van der Waals surface area contributed by atoms with E-state index in [0.717, 1.165) is 38.4 Å². The van der Waals surface area contributed by atoms with Crippen molar-refractivity contribution < 1.29 is 18.0 Å². The Kier molecular flexibility index (Phi) is 6.45. The van der Waals surface area contributed by atoms with Crippen LogP contribution in [0.5, 0.6) is 0 Å². The molecule has 0 radical (unpaired) electrons. The van der Waals surface area contributed by atoms with Crippen molar-refractivity contribution in [3.8, 4) is 10.4 Å². The Hall–Kier alpha value is -4.51. The molecule has 7 nitrogen and oxygen atoms in total. The monoisotopic (exact) mass is 520 g/mol. The van der Waals surface area contributed by atoms with E-state index in [2.05, 4.69) is 25.6 Å². The van der Waals surface area contributed by atoms with Gasteiger partial charge in [0.25, 0.3) is 5.91 Å². The van der Waals surface area contributed by atoms with E-state index >= 15 is 0 Å². The first-order valence-electron chi connectivity index (χ1n) is 11.0. The average Bonchev–Trinajstić information content (AvgIpc) is 3.36. The number of anilines is 3. The lowest BCUT2D eigenvalue weighted by Crippen LogP contribution is -2.16. The van der Waals surface area contributed by atoms with Crippen molar-refractivity contribution >= 4 is 45.5 Å². The summed E-state index contributed by atoms with van der Waals surface area (Å²) in [5.41, 5.74) is 7.14. The molecule has 4 N–H and O–H groups in total. The molecule has 0 saturated carbocycles. The highest BCUT2D eigenvalue weighted by Crippen LogP contribution is 2.32. The van der Waals surface area contributed by atoms with Crippen LogP contribution in [-0.2, 0) is 12.7 Å². The second kappa shape index (κ2) is 9.86. The first-order valence-corrected chi connectivity index (χ1v) is 11.9. The molecule has 0 aliphatic heterocycles. The first-order chi connectivity index (χ1) is 17.8. The summed E-state index contributed by atoms with van der Waals surface area (Å²) in [7, 11) is 0. The second-order valence-electron chi connectivity index (χ2n) is 8.04. The number of nitrogen functional groups attached to an aromatic ring is 1. The van der Waals surface area contributed by atoms with Crippen molar-refractivity contribution in [3.05, 3.63) is 95.3 Å². The average molecular weight is 521 g/mol. The van der Waals surface area contributed by atoms with E-state index in [0.29, 0.717) is 18.2 Å². The maximum atomic E-state index is 13.0. The normalized spacial score (nSPS) is 11.4. The van der Waals surface area contributed by atoms with Crippen LogP contribution in [0.1, 0.15) is 20.8 Å². The zero-order valence-corrected chi connectivity index (χ0v) is 19.9. The number of carbonyl (C=O) groups excluding carboxylic acids is 1. The highest BCUT2D eigenvalue weighted by atomic mass is 32.1. The molecule has 3 aromatic heterocycles. The number of nitrogens with one attached hydrogen (secondary N) is 2. The number of aromatic nitrogens is 3. The molecule has 186 valence electrons. The van der Waals surface area contributed by atoms with Crippen molar-refractivity contribution in [2.75, 3.05) is 16.4 Å². The van der Waals surface area contributed by atoms with Crippen molar-refractivity contribution in [1.82, 2.24) is 15.0 Å². The minimum atomic E-state index is -4.51. The molecule has 0 saturated heterocycles. The third-order valence-corrected chi connectivity index (χ3v) is 6.68. The smallest absolute Gasteiger partial charge is 0.383 e. The maximum Gasteiger partial charge on any atom is 0.416 e. The molecule has 0 aliphatic carbocycles. The summed E-state index contributed by atoms with van der Waals surface area (Å²) in [6.45, 7) is 0.393. The van der Waals surface area contributed by atoms with Gasteiger partial charge in [-0.05, 0) is 60.2 Å². The van der Waals surface area contributed by atoms with Gasteiger partial charge in [0.05, 0.1) is 23.2 Å². The number of thiophene rings is 1. The number of hydrogen-bond donors (Lipinski definition) is 3. The fraction of sp³-hybridized carbons (Fsp3) is 0.0769. The minimum absolute atomic E-state index is 0.0407. The molecule has 5 aromatic rings.